The molecule has 0 bridgehead atoms. The van der Waals surface area contributed by atoms with Crippen LogP contribution in [0.2, 0.25) is 0 Å². The maximum absolute atomic E-state index is 11.7. The first-order chi connectivity index (χ1) is 13.8. The van der Waals surface area contributed by atoms with Crippen molar-refractivity contribution >= 4 is 35.8 Å². The number of nitrogens with zero attached hydrogens (tertiary/aromatic N) is 1. The number of amides is 4. The summed E-state index contributed by atoms with van der Waals surface area (Å²) in [5.74, 6) is -2.77. The van der Waals surface area contributed by atoms with Crippen LogP contribution >= 0.6 is 0 Å². The largest absolute Gasteiger partial charge is 0.442 e. The number of carbonyl (C=O) groups excluding carboxylic acids is 6. The standard InChI is InChI=1S/C17H23N3O9/c1-3-14(24)28-16(29-15(25)4-2)9-27-17(26)19-10-18-11(21)7-8-20-12(22)5-6-13(20)23/h5-6,16H,3-4,7-10H2,1-2H3,(H,18,21)(H,19,26). The smallest absolute Gasteiger partial charge is 0.408 e. The molecule has 4 amide bonds. The molecule has 29 heavy (non-hydrogen) atoms. The van der Waals surface area contributed by atoms with Crippen molar-refractivity contribution in [1.29, 1.82) is 0 Å². The number of hydrogen-bond acceptors (Lipinski definition) is 9. The van der Waals surface area contributed by atoms with E-state index in [4.69, 9.17) is 14.2 Å². The van der Waals surface area contributed by atoms with E-state index in [9.17, 15) is 28.8 Å². The van der Waals surface area contributed by atoms with Crippen molar-refractivity contribution < 1.29 is 43.0 Å². The van der Waals surface area contributed by atoms with Crippen LogP contribution in [0.3, 0.4) is 0 Å². The Kier molecular flexibility index (Phi) is 9.85. The number of nitrogens with one attached hydrogen (secondary N) is 2. The van der Waals surface area contributed by atoms with Crippen LogP contribution < -0.4 is 10.6 Å². The zero-order valence-corrected chi connectivity index (χ0v) is 16.1. The summed E-state index contributed by atoms with van der Waals surface area (Å²) < 4.78 is 14.5. The molecule has 0 spiro atoms. The summed E-state index contributed by atoms with van der Waals surface area (Å²) >= 11 is 0. The SMILES string of the molecule is CCC(=O)OC(COC(=O)NCNC(=O)CCN1C(=O)C=CC1=O)OC(=O)CC. The fourth-order valence-electron chi connectivity index (χ4n) is 1.91. The van der Waals surface area contributed by atoms with E-state index in [0.29, 0.717) is 0 Å². The van der Waals surface area contributed by atoms with Crippen LogP contribution in [0.15, 0.2) is 12.2 Å². The summed E-state index contributed by atoms with van der Waals surface area (Å²) in [5.41, 5.74) is 0. The van der Waals surface area contributed by atoms with Crippen LogP contribution in [0.4, 0.5) is 4.79 Å². The summed E-state index contributed by atoms with van der Waals surface area (Å²) in [6.07, 6.45) is -0.158. The molecule has 1 aliphatic heterocycles. The number of hydrogen-bond donors (Lipinski definition) is 2. The minimum absolute atomic E-state index is 0.0447. The average Bonchev–Trinajstić information content (AvgIpc) is 3.01. The van der Waals surface area contributed by atoms with Gasteiger partial charge in [0.05, 0.1) is 6.67 Å². The van der Waals surface area contributed by atoms with Gasteiger partial charge in [0.2, 0.25) is 5.91 Å². The molecule has 0 saturated heterocycles. The first-order valence-corrected chi connectivity index (χ1v) is 8.86. The molecule has 2 N–H and O–H groups in total. The molecule has 0 aromatic carbocycles. The fraction of sp³-hybridized carbons (Fsp3) is 0.529. The Morgan fingerprint density at radius 1 is 0.966 bits per heavy atom. The van der Waals surface area contributed by atoms with E-state index in [1.807, 2.05) is 0 Å². The van der Waals surface area contributed by atoms with Gasteiger partial charge in [0.15, 0.2) is 6.61 Å². The molecule has 0 atom stereocenters. The van der Waals surface area contributed by atoms with Crippen LogP contribution in [-0.2, 0) is 38.2 Å². The predicted molar refractivity (Wildman–Crippen MR) is 94.5 cm³/mol. The highest BCUT2D eigenvalue weighted by Crippen LogP contribution is 2.04. The van der Waals surface area contributed by atoms with Crippen LogP contribution in [0.25, 0.3) is 0 Å². The van der Waals surface area contributed by atoms with Crippen molar-refractivity contribution in [2.75, 3.05) is 19.8 Å². The van der Waals surface area contributed by atoms with Crippen LogP contribution in [0.5, 0.6) is 0 Å². The third kappa shape index (κ3) is 8.86. The molecular weight excluding hydrogens is 390 g/mol. The Bertz CT molecular complexity index is 654. The van der Waals surface area contributed by atoms with E-state index in [1.54, 1.807) is 13.8 Å². The van der Waals surface area contributed by atoms with E-state index in [1.165, 1.54) is 0 Å². The van der Waals surface area contributed by atoms with Gasteiger partial charge in [-0.3, -0.25) is 28.9 Å². The van der Waals surface area contributed by atoms with Crippen molar-refractivity contribution in [2.24, 2.45) is 0 Å². The molecule has 1 rings (SSSR count). The molecule has 0 radical (unpaired) electrons. The lowest BCUT2D eigenvalue weighted by molar-refractivity contribution is -0.193. The maximum atomic E-state index is 11.7. The van der Waals surface area contributed by atoms with E-state index in [2.05, 4.69) is 10.6 Å². The van der Waals surface area contributed by atoms with E-state index >= 15 is 0 Å². The first-order valence-electron chi connectivity index (χ1n) is 8.86. The molecule has 0 aliphatic carbocycles. The number of esters is 2. The Labute approximate surface area is 166 Å². The normalized spacial score (nSPS) is 12.7. The molecule has 0 unspecified atom stereocenters. The fourth-order valence-corrected chi connectivity index (χ4v) is 1.91. The van der Waals surface area contributed by atoms with E-state index in [-0.39, 0.29) is 32.5 Å². The summed E-state index contributed by atoms with van der Waals surface area (Å²) in [6, 6.07) is 0. The Hall–Kier alpha value is -3.44. The first kappa shape index (κ1) is 23.6. The van der Waals surface area contributed by atoms with Crippen LogP contribution in [0, 0.1) is 0 Å². The highest BCUT2D eigenvalue weighted by atomic mass is 16.7. The molecule has 12 nitrogen and oxygen atoms in total. The minimum atomic E-state index is -1.38. The van der Waals surface area contributed by atoms with Crippen LogP contribution in [0.1, 0.15) is 33.1 Å². The van der Waals surface area contributed by atoms with Crippen molar-refractivity contribution in [1.82, 2.24) is 15.5 Å². The van der Waals surface area contributed by atoms with Gasteiger partial charge in [0, 0.05) is 38.0 Å². The highest BCUT2D eigenvalue weighted by molar-refractivity contribution is 6.13. The molecule has 160 valence electrons. The molecule has 1 aliphatic rings. The quantitative estimate of drug-likeness (QED) is 0.255. The van der Waals surface area contributed by atoms with E-state index in [0.717, 1.165) is 17.1 Å². The van der Waals surface area contributed by atoms with Crippen molar-refractivity contribution in [2.45, 2.75) is 39.4 Å². The molecular formula is C17H23N3O9. The van der Waals surface area contributed by atoms with Gasteiger partial charge in [-0.25, -0.2) is 4.79 Å². The lowest BCUT2D eigenvalue weighted by Crippen LogP contribution is -2.40. The van der Waals surface area contributed by atoms with Crippen molar-refractivity contribution in [3.05, 3.63) is 12.2 Å². The van der Waals surface area contributed by atoms with Gasteiger partial charge in [-0.15, -0.1) is 0 Å². The molecule has 12 heteroatoms. The number of alkyl carbamates (subject to hydrolysis) is 1. The Morgan fingerprint density at radius 3 is 2.03 bits per heavy atom. The number of carbonyl (C=O) groups is 6. The predicted octanol–water partition coefficient (Wildman–Crippen LogP) is -0.666. The summed E-state index contributed by atoms with van der Waals surface area (Å²) in [6.45, 7) is 2.19. The van der Waals surface area contributed by atoms with Crippen molar-refractivity contribution in [3.63, 3.8) is 0 Å². The van der Waals surface area contributed by atoms with Crippen LogP contribution in [-0.4, -0.2) is 66.8 Å². The highest BCUT2D eigenvalue weighted by Gasteiger charge is 2.23. The second-order valence-corrected chi connectivity index (χ2v) is 5.58. The number of ether oxygens (including phenoxy) is 3. The van der Waals surface area contributed by atoms with Crippen molar-refractivity contribution in [3.8, 4) is 0 Å². The van der Waals surface area contributed by atoms with Gasteiger partial charge in [-0.1, -0.05) is 13.8 Å². The lowest BCUT2D eigenvalue weighted by Gasteiger charge is -2.18. The van der Waals surface area contributed by atoms with Gasteiger partial charge in [-0.05, 0) is 0 Å². The molecule has 0 aromatic rings. The number of rotatable bonds is 11. The Balaban J connectivity index is 2.27. The van der Waals surface area contributed by atoms with Gasteiger partial charge in [0.25, 0.3) is 18.1 Å². The zero-order valence-electron chi connectivity index (χ0n) is 16.1. The maximum Gasteiger partial charge on any atom is 0.408 e. The molecule has 0 fully saturated rings. The third-order valence-corrected chi connectivity index (χ3v) is 3.43. The molecule has 0 saturated carbocycles. The second kappa shape index (κ2) is 12.1. The van der Waals surface area contributed by atoms with Gasteiger partial charge >= 0.3 is 18.0 Å². The zero-order chi connectivity index (χ0) is 21.8. The number of imide groups is 1. The summed E-state index contributed by atoms with van der Waals surface area (Å²) in [7, 11) is 0. The lowest BCUT2D eigenvalue weighted by atomic mass is 10.3. The third-order valence-electron chi connectivity index (χ3n) is 3.43. The average molecular weight is 413 g/mol. The van der Waals surface area contributed by atoms with Gasteiger partial charge in [0.1, 0.15) is 0 Å². The van der Waals surface area contributed by atoms with Gasteiger partial charge < -0.3 is 24.8 Å². The topological polar surface area (TPSA) is 157 Å². The second-order valence-electron chi connectivity index (χ2n) is 5.58. The monoisotopic (exact) mass is 413 g/mol. The molecule has 1 heterocycles. The summed E-state index contributed by atoms with van der Waals surface area (Å²) in [5, 5.41) is 4.56. The van der Waals surface area contributed by atoms with Gasteiger partial charge in [-0.2, -0.15) is 0 Å². The Morgan fingerprint density at radius 2 is 1.52 bits per heavy atom. The summed E-state index contributed by atoms with van der Waals surface area (Å²) in [4.78, 5) is 69.5. The minimum Gasteiger partial charge on any atom is -0.442 e. The molecule has 0 aromatic heterocycles. The van der Waals surface area contributed by atoms with E-state index < -0.39 is 48.7 Å².